The quantitative estimate of drug-likeness (QED) is 0.450. The minimum atomic E-state index is -0.273. The number of hydrogen-bond donors (Lipinski definition) is 0. The summed E-state index contributed by atoms with van der Waals surface area (Å²) in [5, 5.41) is 12.6. The Hall–Kier alpha value is -3.65. The molecule has 1 atom stereocenters. The highest BCUT2D eigenvalue weighted by Crippen LogP contribution is 2.30. The van der Waals surface area contributed by atoms with Gasteiger partial charge in [0.05, 0.1) is 18.3 Å². The lowest BCUT2D eigenvalue weighted by atomic mass is 10.0. The van der Waals surface area contributed by atoms with Crippen molar-refractivity contribution in [1.29, 1.82) is 0 Å². The zero-order chi connectivity index (χ0) is 22.6. The molecule has 0 unspecified atom stereocenters. The van der Waals surface area contributed by atoms with Crippen LogP contribution in [0.2, 0.25) is 0 Å². The number of nitrogens with zero attached hydrogens (tertiary/aromatic N) is 6. The third-order valence-electron chi connectivity index (χ3n) is 6.04. The molecule has 0 amide bonds. The molecule has 3 aromatic carbocycles. The van der Waals surface area contributed by atoms with Crippen LogP contribution in [0, 0.1) is 11.6 Å². The molecular weight excluding hydrogens is 422 g/mol. The van der Waals surface area contributed by atoms with E-state index in [9.17, 15) is 8.78 Å². The lowest BCUT2D eigenvalue weighted by Gasteiger charge is -2.40. The van der Waals surface area contributed by atoms with Gasteiger partial charge in [0.15, 0.2) is 5.82 Å². The number of tetrazole rings is 1. The summed E-state index contributed by atoms with van der Waals surface area (Å²) in [5.41, 5.74) is 2.64. The number of benzene rings is 3. The lowest BCUT2D eigenvalue weighted by Crippen LogP contribution is -2.48. The predicted molar refractivity (Wildman–Crippen MR) is 122 cm³/mol. The van der Waals surface area contributed by atoms with Crippen molar-refractivity contribution in [2.75, 3.05) is 31.1 Å². The Bertz CT molecular complexity index is 1190. The molecule has 5 rings (SSSR count). The molecule has 1 saturated heterocycles. The van der Waals surface area contributed by atoms with Crippen LogP contribution < -0.4 is 4.90 Å². The Morgan fingerprint density at radius 3 is 2.21 bits per heavy atom. The fourth-order valence-corrected chi connectivity index (χ4v) is 4.37. The molecule has 1 aliphatic rings. The summed E-state index contributed by atoms with van der Waals surface area (Å²) in [6.45, 7) is 3.31. The van der Waals surface area contributed by atoms with Gasteiger partial charge in [0.1, 0.15) is 11.6 Å². The van der Waals surface area contributed by atoms with Crippen molar-refractivity contribution in [2.45, 2.75) is 12.6 Å². The summed E-state index contributed by atoms with van der Waals surface area (Å²) in [5.74, 6) is 0.254. The predicted octanol–water partition coefficient (Wildman–Crippen LogP) is 3.91. The van der Waals surface area contributed by atoms with Gasteiger partial charge in [-0.1, -0.05) is 54.6 Å². The van der Waals surface area contributed by atoms with Crippen molar-refractivity contribution < 1.29 is 8.78 Å². The van der Waals surface area contributed by atoms with Gasteiger partial charge in [0.25, 0.3) is 0 Å². The lowest BCUT2D eigenvalue weighted by molar-refractivity contribution is 0.201. The second-order valence-corrected chi connectivity index (χ2v) is 8.11. The summed E-state index contributed by atoms with van der Waals surface area (Å²) >= 11 is 0. The smallest absolute Gasteiger partial charge is 0.173 e. The highest BCUT2D eigenvalue weighted by atomic mass is 19.1. The minimum absolute atomic E-state index is 0.149. The number of piperazine rings is 1. The highest BCUT2D eigenvalue weighted by molar-refractivity contribution is 5.48. The van der Waals surface area contributed by atoms with Gasteiger partial charge < -0.3 is 4.90 Å². The first-order valence-corrected chi connectivity index (χ1v) is 11.0. The van der Waals surface area contributed by atoms with Gasteiger partial charge in [0.2, 0.25) is 0 Å². The van der Waals surface area contributed by atoms with Crippen LogP contribution in [0.4, 0.5) is 14.5 Å². The van der Waals surface area contributed by atoms with Crippen molar-refractivity contribution >= 4 is 5.69 Å². The maximum absolute atomic E-state index is 14.3. The first kappa shape index (κ1) is 21.2. The van der Waals surface area contributed by atoms with E-state index < -0.39 is 0 Å². The number of aromatic nitrogens is 4. The third-order valence-corrected chi connectivity index (χ3v) is 6.04. The van der Waals surface area contributed by atoms with Crippen LogP contribution in [0.3, 0.4) is 0 Å². The molecule has 1 aliphatic heterocycles. The first-order chi connectivity index (χ1) is 16.2. The fraction of sp³-hybridized carbons (Fsp3) is 0.240. The van der Waals surface area contributed by atoms with Gasteiger partial charge >= 0.3 is 0 Å². The number of halogens is 2. The molecule has 0 radical (unpaired) electrons. The summed E-state index contributed by atoms with van der Waals surface area (Å²) < 4.78 is 29.4. The van der Waals surface area contributed by atoms with Crippen LogP contribution >= 0.6 is 0 Å². The molecule has 0 saturated carbocycles. The van der Waals surface area contributed by atoms with Gasteiger partial charge in [-0.05, 0) is 45.8 Å². The van der Waals surface area contributed by atoms with E-state index in [1.807, 2.05) is 30.3 Å². The molecule has 0 aliphatic carbocycles. The minimum Gasteiger partial charge on any atom is -0.367 e. The van der Waals surface area contributed by atoms with E-state index in [0.29, 0.717) is 25.3 Å². The SMILES string of the molecule is Fc1ccc(Cn2nnnc2[C@H](c2ccccc2)N2CCN(c3ccccc3F)CC2)cc1. The zero-order valence-electron chi connectivity index (χ0n) is 18.1. The molecule has 4 aromatic rings. The average molecular weight is 447 g/mol. The Balaban J connectivity index is 1.41. The largest absolute Gasteiger partial charge is 0.367 e. The van der Waals surface area contributed by atoms with Crippen LogP contribution in [0.25, 0.3) is 0 Å². The number of hydrogen-bond acceptors (Lipinski definition) is 5. The molecular formula is C25H24F2N6. The Morgan fingerprint density at radius 2 is 1.48 bits per heavy atom. The van der Waals surface area contributed by atoms with E-state index in [2.05, 4.69) is 37.5 Å². The average Bonchev–Trinajstić information content (AvgIpc) is 3.30. The molecule has 2 heterocycles. The van der Waals surface area contributed by atoms with Crippen LogP contribution in [0.15, 0.2) is 78.9 Å². The summed E-state index contributed by atoms with van der Waals surface area (Å²) in [4.78, 5) is 4.41. The fourth-order valence-electron chi connectivity index (χ4n) is 4.37. The number of para-hydroxylation sites is 1. The molecule has 33 heavy (non-hydrogen) atoms. The molecule has 6 nitrogen and oxygen atoms in total. The molecule has 0 spiro atoms. The van der Waals surface area contributed by atoms with Crippen LogP contribution in [0.1, 0.15) is 23.0 Å². The molecule has 8 heteroatoms. The zero-order valence-corrected chi connectivity index (χ0v) is 18.1. The summed E-state index contributed by atoms with van der Waals surface area (Å²) in [7, 11) is 0. The molecule has 0 bridgehead atoms. The van der Waals surface area contributed by atoms with Crippen LogP contribution in [0.5, 0.6) is 0 Å². The summed E-state index contributed by atoms with van der Waals surface area (Å²) in [6.07, 6.45) is 0. The third kappa shape index (κ3) is 4.61. The molecule has 168 valence electrons. The molecule has 1 aromatic heterocycles. The monoisotopic (exact) mass is 446 g/mol. The maximum Gasteiger partial charge on any atom is 0.173 e. The van der Waals surface area contributed by atoms with Crippen LogP contribution in [-0.2, 0) is 6.54 Å². The topological polar surface area (TPSA) is 50.1 Å². The van der Waals surface area contributed by atoms with Gasteiger partial charge in [-0.25, -0.2) is 13.5 Å². The summed E-state index contributed by atoms with van der Waals surface area (Å²) in [6, 6.07) is 23.3. The van der Waals surface area contributed by atoms with Crippen molar-refractivity contribution in [3.05, 3.63) is 107 Å². The maximum atomic E-state index is 14.3. The second kappa shape index (κ2) is 9.46. The first-order valence-electron chi connectivity index (χ1n) is 11.0. The second-order valence-electron chi connectivity index (χ2n) is 8.11. The van der Waals surface area contributed by atoms with Gasteiger partial charge in [0, 0.05) is 26.2 Å². The Kier molecular flexibility index (Phi) is 6.08. The van der Waals surface area contributed by atoms with E-state index in [4.69, 9.17) is 0 Å². The number of rotatable bonds is 6. The molecule has 0 N–H and O–H groups in total. The molecule has 1 fully saturated rings. The Labute approximate surface area is 191 Å². The van der Waals surface area contributed by atoms with Gasteiger partial charge in [-0.2, -0.15) is 0 Å². The van der Waals surface area contributed by atoms with E-state index in [1.54, 1.807) is 22.9 Å². The van der Waals surface area contributed by atoms with Crippen molar-refractivity contribution in [3.8, 4) is 0 Å². The van der Waals surface area contributed by atoms with Crippen LogP contribution in [-0.4, -0.2) is 51.3 Å². The van der Waals surface area contributed by atoms with Gasteiger partial charge in [-0.15, -0.1) is 5.10 Å². The van der Waals surface area contributed by atoms with E-state index in [1.165, 1.54) is 18.2 Å². The van der Waals surface area contributed by atoms with E-state index in [0.717, 1.165) is 30.0 Å². The van der Waals surface area contributed by atoms with E-state index >= 15 is 0 Å². The standard InChI is InChI=1S/C25H24F2N6/c26-21-12-10-19(11-13-21)18-33-25(28-29-30-33)24(20-6-2-1-3-7-20)32-16-14-31(15-17-32)23-9-5-4-8-22(23)27/h1-13,24H,14-18H2/t24-/m0/s1. The van der Waals surface area contributed by atoms with E-state index in [-0.39, 0.29) is 17.7 Å². The van der Waals surface area contributed by atoms with Crippen molar-refractivity contribution in [3.63, 3.8) is 0 Å². The van der Waals surface area contributed by atoms with Gasteiger partial charge in [-0.3, -0.25) is 4.90 Å². The van der Waals surface area contributed by atoms with Crippen molar-refractivity contribution in [2.24, 2.45) is 0 Å². The van der Waals surface area contributed by atoms with Crippen molar-refractivity contribution in [1.82, 2.24) is 25.1 Å². The highest BCUT2D eigenvalue weighted by Gasteiger charge is 2.31. The Morgan fingerprint density at radius 1 is 0.788 bits per heavy atom. The number of anilines is 1. The normalized spacial score (nSPS) is 15.5.